The molecule has 1 aromatic heterocycles. The molecule has 0 bridgehead atoms. The maximum Gasteiger partial charge on any atom is 0.265 e. The molecule has 0 aliphatic carbocycles. The van der Waals surface area contributed by atoms with Gasteiger partial charge < -0.3 is 9.84 Å². The Morgan fingerprint density at radius 2 is 2.17 bits per heavy atom. The molecule has 0 fully saturated rings. The van der Waals surface area contributed by atoms with Gasteiger partial charge in [0.25, 0.3) is 5.88 Å². The van der Waals surface area contributed by atoms with Gasteiger partial charge in [0.15, 0.2) is 0 Å². The van der Waals surface area contributed by atoms with Crippen LogP contribution in [0.4, 0.5) is 0 Å². The Hall–Kier alpha value is -2.32. The lowest BCUT2D eigenvalue weighted by Crippen LogP contribution is -1.93. The van der Waals surface area contributed by atoms with E-state index in [9.17, 15) is 5.11 Å². The number of nitrogens with zero attached hydrogens (tertiary/aromatic N) is 3. The molecule has 0 saturated heterocycles. The third-order valence-corrected chi connectivity index (χ3v) is 2.53. The molecule has 0 aliphatic rings. The molecule has 0 spiro atoms. The maximum absolute atomic E-state index is 9.71. The summed E-state index contributed by atoms with van der Waals surface area (Å²) >= 11 is 5.95. The zero-order chi connectivity index (χ0) is 13.1. The van der Waals surface area contributed by atoms with E-state index in [2.05, 4.69) is 9.97 Å². The smallest absolute Gasteiger partial charge is 0.265 e. The third kappa shape index (κ3) is 2.34. The highest BCUT2D eigenvalue weighted by Gasteiger charge is 2.11. The number of nitriles is 1. The minimum Gasteiger partial charge on any atom is -0.502 e. The van der Waals surface area contributed by atoms with Crippen LogP contribution < -0.4 is 4.74 Å². The Morgan fingerprint density at radius 3 is 2.83 bits per heavy atom. The number of hydrogen-bond donors (Lipinski definition) is 1. The molecule has 2 rings (SSSR count). The van der Waals surface area contributed by atoms with Gasteiger partial charge in [-0.1, -0.05) is 11.6 Å². The van der Waals surface area contributed by atoms with Gasteiger partial charge in [-0.2, -0.15) is 10.2 Å². The van der Waals surface area contributed by atoms with Crippen molar-refractivity contribution in [3.05, 3.63) is 40.8 Å². The second-order valence-corrected chi connectivity index (χ2v) is 3.88. The predicted molar refractivity (Wildman–Crippen MR) is 64.7 cm³/mol. The monoisotopic (exact) mass is 261 g/mol. The Balaban J connectivity index is 2.35. The van der Waals surface area contributed by atoms with Gasteiger partial charge in [-0.05, 0) is 25.1 Å². The van der Waals surface area contributed by atoms with Crippen molar-refractivity contribution in [3.8, 4) is 23.4 Å². The van der Waals surface area contributed by atoms with Gasteiger partial charge in [0.1, 0.15) is 12.1 Å². The van der Waals surface area contributed by atoms with E-state index in [0.717, 1.165) is 0 Å². The molecule has 0 saturated carbocycles. The largest absolute Gasteiger partial charge is 0.502 e. The van der Waals surface area contributed by atoms with Gasteiger partial charge in [-0.15, -0.1) is 0 Å². The van der Waals surface area contributed by atoms with E-state index in [-0.39, 0.29) is 16.7 Å². The Kier molecular flexibility index (Phi) is 3.31. The van der Waals surface area contributed by atoms with Crippen LogP contribution in [0.25, 0.3) is 0 Å². The number of hydrogen-bond acceptors (Lipinski definition) is 5. The molecule has 0 atom stereocenters. The lowest BCUT2D eigenvalue weighted by molar-refractivity contribution is 0.391. The fraction of sp³-hybridized carbons (Fsp3) is 0.0833. The average molecular weight is 262 g/mol. The number of ether oxygens (including phenoxy) is 1. The van der Waals surface area contributed by atoms with Crippen LogP contribution in [0.3, 0.4) is 0 Å². The summed E-state index contributed by atoms with van der Waals surface area (Å²) in [6.07, 6.45) is 1.28. The first kappa shape index (κ1) is 12.1. The van der Waals surface area contributed by atoms with Crippen LogP contribution in [0.5, 0.6) is 17.4 Å². The molecule has 18 heavy (non-hydrogen) atoms. The zero-order valence-electron chi connectivity index (χ0n) is 9.38. The van der Waals surface area contributed by atoms with E-state index in [4.69, 9.17) is 21.6 Å². The first-order chi connectivity index (χ1) is 8.61. The SMILES string of the molecule is Cc1ncnc(Oc2ccc(C#N)cc2Cl)c1O. The van der Waals surface area contributed by atoms with Gasteiger partial charge >= 0.3 is 0 Å². The second kappa shape index (κ2) is 4.90. The first-order valence-electron chi connectivity index (χ1n) is 5.00. The third-order valence-electron chi connectivity index (χ3n) is 2.24. The molecule has 5 nitrogen and oxygen atoms in total. The molecule has 0 unspecified atom stereocenters. The molecule has 2 aromatic rings. The molecular formula is C12H8ClN3O2. The van der Waals surface area contributed by atoms with Gasteiger partial charge in [-0.3, -0.25) is 0 Å². The van der Waals surface area contributed by atoms with E-state index < -0.39 is 0 Å². The number of aromatic nitrogens is 2. The summed E-state index contributed by atoms with van der Waals surface area (Å²) in [7, 11) is 0. The highest BCUT2D eigenvalue weighted by Crippen LogP contribution is 2.33. The molecule has 90 valence electrons. The summed E-state index contributed by atoms with van der Waals surface area (Å²) in [5, 5.41) is 18.7. The lowest BCUT2D eigenvalue weighted by Gasteiger charge is -2.08. The van der Waals surface area contributed by atoms with Gasteiger partial charge in [-0.25, -0.2) is 4.98 Å². The molecule has 1 N–H and O–H groups in total. The van der Waals surface area contributed by atoms with Crippen molar-refractivity contribution in [2.75, 3.05) is 0 Å². The number of halogens is 1. The Morgan fingerprint density at radius 1 is 1.39 bits per heavy atom. The van der Waals surface area contributed by atoms with Crippen molar-refractivity contribution >= 4 is 11.6 Å². The molecule has 1 aromatic carbocycles. The van der Waals surface area contributed by atoms with E-state index in [1.165, 1.54) is 18.5 Å². The fourth-order valence-corrected chi connectivity index (χ4v) is 1.50. The average Bonchev–Trinajstić information content (AvgIpc) is 2.37. The summed E-state index contributed by atoms with van der Waals surface area (Å²) < 4.78 is 5.38. The highest BCUT2D eigenvalue weighted by atomic mass is 35.5. The molecule has 0 amide bonds. The Bertz CT molecular complexity index is 638. The van der Waals surface area contributed by atoms with E-state index in [1.54, 1.807) is 13.0 Å². The van der Waals surface area contributed by atoms with Crippen molar-refractivity contribution in [1.82, 2.24) is 9.97 Å². The predicted octanol–water partition coefficient (Wildman–Crippen LogP) is 2.81. The summed E-state index contributed by atoms with van der Waals surface area (Å²) in [6, 6.07) is 6.54. The molecule has 0 aliphatic heterocycles. The zero-order valence-corrected chi connectivity index (χ0v) is 10.1. The standard InChI is InChI=1S/C12H8ClN3O2/c1-7-11(17)12(16-6-15-7)18-10-3-2-8(5-14)4-9(10)13/h2-4,6,17H,1H3. The molecule has 0 radical (unpaired) electrons. The summed E-state index contributed by atoms with van der Waals surface area (Å²) in [6.45, 7) is 1.63. The van der Waals surface area contributed by atoms with Crippen LogP contribution in [0.15, 0.2) is 24.5 Å². The molecular weight excluding hydrogens is 254 g/mol. The van der Waals surface area contributed by atoms with Crippen LogP contribution in [-0.4, -0.2) is 15.1 Å². The number of benzene rings is 1. The topological polar surface area (TPSA) is 79.0 Å². The second-order valence-electron chi connectivity index (χ2n) is 3.47. The quantitative estimate of drug-likeness (QED) is 0.899. The molecule has 6 heteroatoms. The van der Waals surface area contributed by atoms with Crippen LogP contribution in [0, 0.1) is 18.3 Å². The van der Waals surface area contributed by atoms with Gasteiger partial charge in [0.2, 0.25) is 5.75 Å². The van der Waals surface area contributed by atoms with Crippen LogP contribution in [0.2, 0.25) is 5.02 Å². The number of rotatable bonds is 2. The normalized spacial score (nSPS) is 9.83. The number of aryl methyl sites for hydroxylation is 1. The van der Waals surface area contributed by atoms with Crippen LogP contribution in [-0.2, 0) is 0 Å². The van der Waals surface area contributed by atoms with E-state index >= 15 is 0 Å². The summed E-state index contributed by atoms with van der Waals surface area (Å²) in [4.78, 5) is 7.62. The van der Waals surface area contributed by atoms with Gasteiger partial charge in [0.05, 0.1) is 22.3 Å². The van der Waals surface area contributed by atoms with Crippen molar-refractivity contribution in [2.24, 2.45) is 0 Å². The van der Waals surface area contributed by atoms with Crippen molar-refractivity contribution in [2.45, 2.75) is 6.92 Å². The van der Waals surface area contributed by atoms with E-state index in [0.29, 0.717) is 17.0 Å². The van der Waals surface area contributed by atoms with Crippen molar-refractivity contribution in [3.63, 3.8) is 0 Å². The minimum absolute atomic E-state index is 0.0223. The fourth-order valence-electron chi connectivity index (χ4n) is 1.28. The first-order valence-corrected chi connectivity index (χ1v) is 5.37. The number of aromatic hydroxyl groups is 1. The Labute approximate surface area is 108 Å². The summed E-state index contributed by atoms with van der Waals surface area (Å²) in [5.74, 6) is 0.191. The van der Waals surface area contributed by atoms with Crippen LogP contribution in [0.1, 0.15) is 11.3 Å². The lowest BCUT2D eigenvalue weighted by atomic mass is 10.2. The molecule has 1 heterocycles. The highest BCUT2D eigenvalue weighted by molar-refractivity contribution is 6.32. The maximum atomic E-state index is 9.71. The van der Waals surface area contributed by atoms with Gasteiger partial charge in [0, 0.05) is 0 Å². The summed E-state index contributed by atoms with van der Waals surface area (Å²) in [5.41, 5.74) is 0.834. The van der Waals surface area contributed by atoms with E-state index in [1.807, 2.05) is 6.07 Å². The van der Waals surface area contributed by atoms with Crippen molar-refractivity contribution < 1.29 is 9.84 Å². The minimum atomic E-state index is -0.141. The van der Waals surface area contributed by atoms with Crippen molar-refractivity contribution in [1.29, 1.82) is 5.26 Å². The van der Waals surface area contributed by atoms with Crippen LogP contribution >= 0.6 is 11.6 Å².